The molecule has 0 saturated carbocycles. The molecule has 358 valence electrons. The van der Waals surface area contributed by atoms with Crippen molar-refractivity contribution in [3.63, 3.8) is 0 Å². The van der Waals surface area contributed by atoms with E-state index in [9.17, 15) is 23.8 Å². The maximum Gasteiger partial charge on any atom is 0.472 e. The maximum absolute atomic E-state index is 12.8. The van der Waals surface area contributed by atoms with Crippen LogP contribution in [0.2, 0.25) is 0 Å². The predicted octanol–water partition coefficient (Wildman–Crippen LogP) is 12.8. The smallest absolute Gasteiger partial charge is 0.466 e. The number of hydrogen-bond acceptors (Lipinski definition) is 9. The number of ketones is 1. The summed E-state index contributed by atoms with van der Waals surface area (Å²) in [5.41, 5.74) is 2.68. The molecule has 2 atom stereocenters. The first kappa shape index (κ1) is 57.5. The second-order valence-electron chi connectivity index (χ2n) is 18.1. The summed E-state index contributed by atoms with van der Waals surface area (Å²) in [4.78, 5) is 47.6. The minimum Gasteiger partial charge on any atom is -0.466 e. The first-order valence-electron chi connectivity index (χ1n) is 24.4. The molecule has 1 unspecified atom stereocenters. The van der Waals surface area contributed by atoms with E-state index >= 15 is 0 Å². The Kier molecular flexibility index (Phi) is 33.1. The van der Waals surface area contributed by atoms with Crippen LogP contribution in [0.5, 0.6) is 0 Å². The fourth-order valence-corrected chi connectivity index (χ4v) is 7.74. The fraction of sp³-hybridized carbons (Fsp3) is 0.780. The second kappa shape index (κ2) is 35.7. The van der Waals surface area contributed by atoms with Gasteiger partial charge in [0.2, 0.25) is 0 Å². The Hall–Kier alpha value is -2.56. The molecule has 0 spiro atoms. The van der Waals surface area contributed by atoms with Crippen LogP contribution in [0.4, 0.5) is 0 Å². The summed E-state index contributed by atoms with van der Waals surface area (Å²) < 4.78 is 40.6. The van der Waals surface area contributed by atoms with Gasteiger partial charge in [0.05, 0.1) is 27.7 Å². The van der Waals surface area contributed by atoms with Gasteiger partial charge >= 0.3 is 19.8 Å². The number of carbonyl (C=O) groups is 3. The molecular weight excluding hydrogens is 806 g/mol. The molecule has 1 N–H and O–H groups in total. The minimum atomic E-state index is -4.41. The Morgan fingerprint density at radius 1 is 0.645 bits per heavy atom. The van der Waals surface area contributed by atoms with Crippen LogP contribution in [0.15, 0.2) is 28.7 Å². The molecule has 1 rings (SSSR count). The van der Waals surface area contributed by atoms with Gasteiger partial charge in [-0.05, 0) is 76.0 Å². The molecule has 0 fully saturated rings. The Balaban J connectivity index is 2.33. The number of aryl methyl sites for hydroxylation is 2. The number of unbranched alkanes of at least 4 members (excludes halogenated alkanes) is 18. The zero-order valence-corrected chi connectivity index (χ0v) is 41.2. The number of furan rings is 1. The Bertz CT molecular complexity index is 1450. The second-order valence-corrected chi connectivity index (χ2v) is 19.6. The number of hydrogen-bond donors (Lipinski definition) is 1. The largest absolute Gasteiger partial charge is 0.472 e. The van der Waals surface area contributed by atoms with Gasteiger partial charge in [-0.15, -0.1) is 0 Å². The third kappa shape index (κ3) is 32.2. The summed E-state index contributed by atoms with van der Waals surface area (Å²) >= 11 is 0. The average molecular weight is 895 g/mol. The molecule has 0 aliphatic rings. The molecule has 0 saturated heterocycles. The van der Waals surface area contributed by atoms with Crippen LogP contribution in [-0.2, 0) is 50.3 Å². The van der Waals surface area contributed by atoms with Crippen molar-refractivity contribution in [1.82, 2.24) is 0 Å². The van der Waals surface area contributed by atoms with Gasteiger partial charge < -0.3 is 23.3 Å². The van der Waals surface area contributed by atoms with Gasteiger partial charge in [0.15, 0.2) is 11.9 Å². The number of esters is 2. The highest BCUT2D eigenvalue weighted by Gasteiger charge is 2.27. The minimum absolute atomic E-state index is 0.00687. The number of allylic oxidation sites excluding steroid dienone is 4. The molecule has 1 heterocycles. The fourth-order valence-electron chi connectivity index (χ4n) is 7.00. The normalized spacial score (nSPS) is 13.5. The molecule has 0 bridgehead atoms. The summed E-state index contributed by atoms with van der Waals surface area (Å²) in [6, 6.07) is 0. The van der Waals surface area contributed by atoms with Crippen LogP contribution in [-0.4, -0.2) is 80.7 Å². The Labute approximate surface area is 377 Å². The number of likely N-dealkylation sites (N-methyl/N-ethyl adjacent to an activating group) is 1. The molecule has 0 radical (unpaired) electrons. The van der Waals surface area contributed by atoms with E-state index in [-0.39, 0.29) is 31.8 Å². The lowest BCUT2D eigenvalue weighted by Gasteiger charge is -2.24. The van der Waals surface area contributed by atoms with E-state index < -0.39 is 32.5 Å². The molecule has 12 heteroatoms. The number of carbonyl (C=O) groups excluding carboxylic acids is 3. The summed E-state index contributed by atoms with van der Waals surface area (Å²) in [6.07, 6.45) is 32.9. The zero-order valence-electron chi connectivity index (χ0n) is 40.3. The van der Waals surface area contributed by atoms with Gasteiger partial charge in [0, 0.05) is 32.1 Å². The summed E-state index contributed by atoms with van der Waals surface area (Å²) in [7, 11) is 1.39. The molecule has 0 aliphatic heterocycles. The predicted molar refractivity (Wildman–Crippen MR) is 251 cm³/mol. The number of rotatable bonds is 41. The van der Waals surface area contributed by atoms with Crippen molar-refractivity contribution < 1.29 is 51.3 Å². The van der Waals surface area contributed by atoms with Crippen molar-refractivity contribution in [2.24, 2.45) is 0 Å². The third-order valence-electron chi connectivity index (χ3n) is 11.2. The number of phosphoric acid groups is 1. The van der Waals surface area contributed by atoms with E-state index in [1.807, 2.05) is 33.3 Å². The molecule has 11 nitrogen and oxygen atoms in total. The van der Waals surface area contributed by atoms with Gasteiger partial charge in [-0.3, -0.25) is 23.4 Å². The topological polar surface area (TPSA) is 139 Å². The Morgan fingerprint density at radius 3 is 1.71 bits per heavy atom. The molecule has 0 aliphatic carbocycles. The van der Waals surface area contributed by atoms with Crippen LogP contribution >= 0.6 is 7.82 Å². The van der Waals surface area contributed by atoms with E-state index in [0.29, 0.717) is 30.3 Å². The van der Waals surface area contributed by atoms with Crippen molar-refractivity contribution >= 4 is 25.5 Å². The van der Waals surface area contributed by atoms with E-state index in [4.69, 9.17) is 22.9 Å². The van der Waals surface area contributed by atoms with Crippen LogP contribution in [0, 0.1) is 13.8 Å². The van der Waals surface area contributed by atoms with E-state index in [2.05, 4.69) is 33.8 Å². The first-order chi connectivity index (χ1) is 29.7. The molecule has 62 heavy (non-hydrogen) atoms. The number of nitrogens with zero attached hydrogens (tertiary/aromatic N) is 1. The Morgan fingerprint density at radius 2 is 1.15 bits per heavy atom. The maximum atomic E-state index is 12.8. The highest BCUT2D eigenvalue weighted by atomic mass is 31.2. The highest BCUT2D eigenvalue weighted by Crippen LogP contribution is 2.43. The summed E-state index contributed by atoms with van der Waals surface area (Å²) in [6.45, 7) is 8.58. The van der Waals surface area contributed by atoms with E-state index in [1.165, 1.54) is 99.7 Å². The average Bonchev–Trinajstić information content (AvgIpc) is 3.48. The first-order valence-corrected chi connectivity index (χ1v) is 25.9. The standard InChI is InChI=1S/C50H88NO10P/c1-8-10-12-13-18-22-28-33-45(52)34-29-23-21-26-31-37-49(53)57-41-46(42-59-62(55,56)58-40-39-51(5,6)7)60-50(54)38-32-25-20-17-15-14-16-19-24-30-36-48-44(4)43(3)47(61-48)35-27-11-9-2/h18,22,28,33,46H,8-17,19-21,23-27,29-32,34-42H2,1-7H3/p+1/b22-18-,33-28+/t46-/m1/s1. The summed E-state index contributed by atoms with van der Waals surface area (Å²) in [5, 5.41) is 0. The van der Waals surface area contributed by atoms with Crippen molar-refractivity contribution in [2.75, 3.05) is 47.5 Å². The SMILES string of the molecule is CCCCC/C=C\C=C\C(=O)CCCCCCCC(=O)OC[C@H](COP(=O)(O)OCC[N+](C)(C)C)OC(=O)CCCCCCCCCCCCc1oc(CCCCC)c(C)c1C. The quantitative estimate of drug-likeness (QED) is 0.0169. The lowest BCUT2D eigenvalue weighted by molar-refractivity contribution is -0.870. The molecule has 1 aromatic heterocycles. The van der Waals surface area contributed by atoms with Gasteiger partial charge in [0.25, 0.3) is 0 Å². The van der Waals surface area contributed by atoms with E-state index in [1.54, 1.807) is 6.08 Å². The van der Waals surface area contributed by atoms with E-state index in [0.717, 1.165) is 64.2 Å². The van der Waals surface area contributed by atoms with Gasteiger partial charge in [-0.1, -0.05) is 128 Å². The van der Waals surface area contributed by atoms with Crippen LogP contribution in [0.3, 0.4) is 0 Å². The number of quaternary nitrogens is 1. The molecule has 1 aromatic rings. The monoisotopic (exact) mass is 895 g/mol. The molecule has 0 amide bonds. The van der Waals surface area contributed by atoms with Crippen molar-refractivity contribution in [3.8, 4) is 0 Å². The van der Waals surface area contributed by atoms with Gasteiger partial charge in [-0.25, -0.2) is 4.57 Å². The van der Waals surface area contributed by atoms with Gasteiger partial charge in [0.1, 0.15) is 31.3 Å². The number of phosphoric ester groups is 1. The zero-order chi connectivity index (χ0) is 45.9. The third-order valence-corrected chi connectivity index (χ3v) is 12.1. The van der Waals surface area contributed by atoms with Crippen molar-refractivity contribution in [2.45, 2.75) is 207 Å². The van der Waals surface area contributed by atoms with Crippen molar-refractivity contribution in [1.29, 1.82) is 0 Å². The van der Waals surface area contributed by atoms with Crippen LogP contribution in [0.25, 0.3) is 0 Å². The van der Waals surface area contributed by atoms with Crippen LogP contribution < -0.4 is 0 Å². The molecular formula is C50H89NO10P+. The number of ether oxygens (including phenoxy) is 2. The molecule has 0 aromatic carbocycles. The van der Waals surface area contributed by atoms with Crippen LogP contribution in [0.1, 0.15) is 197 Å². The van der Waals surface area contributed by atoms with Gasteiger partial charge in [-0.2, -0.15) is 0 Å². The lowest BCUT2D eigenvalue weighted by atomic mass is 10.0. The summed E-state index contributed by atoms with van der Waals surface area (Å²) in [5.74, 6) is 1.59. The van der Waals surface area contributed by atoms with Crippen molar-refractivity contribution in [3.05, 3.63) is 47.0 Å². The highest BCUT2D eigenvalue weighted by molar-refractivity contribution is 7.47. The lowest BCUT2D eigenvalue weighted by Crippen LogP contribution is -2.37.